The first-order valence-corrected chi connectivity index (χ1v) is 4.28. The van der Waals surface area contributed by atoms with Crippen LogP contribution in [-0.2, 0) is 0 Å². The Morgan fingerprint density at radius 3 is 2.77 bits per heavy atom. The van der Waals surface area contributed by atoms with E-state index in [0.717, 1.165) is 11.1 Å². The summed E-state index contributed by atoms with van der Waals surface area (Å²) in [5, 5.41) is 0. The molecule has 1 rings (SSSR count). The zero-order valence-corrected chi connectivity index (χ0v) is 7.97. The fraction of sp³-hybridized carbons (Fsp3) is 0.273. The number of aryl methyl sites for hydroxylation is 1. The van der Waals surface area contributed by atoms with Gasteiger partial charge in [-0.15, -0.1) is 0 Å². The summed E-state index contributed by atoms with van der Waals surface area (Å²) < 4.78 is 12.9. The zero-order chi connectivity index (χ0) is 9.84. The normalized spacial score (nSPS) is 11.8. The van der Waals surface area contributed by atoms with Crippen LogP contribution < -0.4 is 5.73 Å². The molecular formula is C11H14FN. The van der Waals surface area contributed by atoms with E-state index >= 15 is 0 Å². The molecule has 0 spiro atoms. The van der Waals surface area contributed by atoms with E-state index in [4.69, 9.17) is 5.73 Å². The smallest absolute Gasteiger partial charge is 0.126 e. The van der Waals surface area contributed by atoms with E-state index in [2.05, 4.69) is 0 Å². The summed E-state index contributed by atoms with van der Waals surface area (Å²) in [5.74, 6) is -0.163. The Hall–Kier alpha value is -1.15. The van der Waals surface area contributed by atoms with Crippen molar-refractivity contribution in [2.75, 3.05) is 6.54 Å². The van der Waals surface area contributed by atoms with Gasteiger partial charge in [0.15, 0.2) is 0 Å². The van der Waals surface area contributed by atoms with E-state index in [0.29, 0.717) is 12.1 Å². The van der Waals surface area contributed by atoms with Gasteiger partial charge in [0.1, 0.15) is 5.82 Å². The van der Waals surface area contributed by atoms with E-state index in [9.17, 15) is 4.39 Å². The quantitative estimate of drug-likeness (QED) is 0.741. The largest absolute Gasteiger partial charge is 0.327 e. The Bertz CT molecular complexity index is 329. The van der Waals surface area contributed by atoms with Crippen LogP contribution in [-0.4, -0.2) is 6.54 Å². The van der Waals surface area contributed by atoms with E-state index in [1.807, 2.05) is 19.1 Å². The Balaban J connectivity index is 3.04. The highest BCUT2D eigenvalue weighted by molar-refractivity contribution is 5.64. The van der Waals surface area contributed by atoms with Gasteiger partial charge >= 0.3 is 0 Å². The molecule has 0 aliphatic heterocycles. The molecule has 1 aromatic carbocycles. The van der Waals surface area contributed by atoms with Crippen LogP contribution in [0.25, 0.3) is 5.57 Å². The molecule has 0 unspecified atom stereocenters. The van der Waals surface area contributed by atoms with Gasteiger partial charge in [0, 0.05) is 6.54 Å². The second kappa shape index (κ2) is 4.19. The Morgan fingerprint density at radius 1 is 1.54 bits per heavy atom. The summed E-state index contributed by atoms with van der Waals surface area (Å²) in [6.45, 7) is 4.25. The second-order valence-electron chi connectivity index (χ2n) is 3.09. The SMILES string of the molecule is C/C(=C/CN)c1ccc(F)c(C)c1. The molecule has 1 aromatic rings. The summed E-state index contributed by atoms with van der Waals surface area (Å²) in [4.78, 5) is 0. The van der Waals surface area contributed by atoms with Crippen molar-refractivity contribution in [2.24, 2.45) is 5.73 Å². The standard InChI is InChI=1S/C11H14FN/c1-8(5-6-13)10-3-4-11(12)9(2)7-10/h3-5,7H,6,13H2,1-2H3/b8-5-. The van der Waals surface area contributed by atoms with E-state index in [-0.39, 0.29) is 5.82 Å². The van der Waals surface area contributed by atoms with Gasteiger partial charge in [-0.3, -0.25) is 0 Å². The molecule has 0 fully saturated rings. The lowest BCUT2D eigenvalue weighted by Crippen LogP contribution is -1.95. The van der Waals surface area contributed by atoms with Crippen molar-refractivity contribution in [3.05, 3.63) is 41.2 Å². The second-order valence-corrected chi connectivity index (χ2v) is 3.09. The Kier molecular flexibility index (Phi) is 3.20. The molecule has 0 aromatic heterocycles. The van der Waals surface area contributed by atoms with Gasteiger partial charge in [0.2, 0.25) is 0 Å². The molecule has 0 amide bonds. The van der Waals surface area contributed by atoms with Crippen molar-refractivity contribution in [1.29, 1.82) is 0 Å². The molecule has 0 aliphatic rings. The van der Waals surface area contributed by atoms with Gasteiger partial charge in [-0.2, -0.15) is 0 Å². The molecular weight excluding hydrogens is 165 g/mol. The van der Waals surface area contributed by atoms with Crippen molar-refractivity contribution in [3.63, 3.8) is 0 Å². The zero-order valence-electron chi connectivity index (χ0n) is 7.97. The topological polar surface area (TPSA) is 26.0 Å². The first kappa shape index (κ1) is 9.93. The van der Waals surface area contributed by atoms with Gasteiger partial charge in [-0.25, -0.2) is 4.39 Å². The molecule has 1 nitrogen and oxygen atoms in total. The third-order valence-corrected chi connectivity index (χ3v) is 2.04. The van der Waals surface area contributed by atoms with E-state index < -0.39 is 0 Å². The van der Waals surface area contributed by atoms with Crippen LogP contribution in [0.3, 0.4) is 0 Å². The maximum atomic E-state index is 12.9. The number of hydrogen-bond acceptors (Lipinski definition) is 1. The van der Waals surface area contributed by atoms with Gasteiger partial charge in [0.25, 0.3) is 0 Å². The van der Waals surface area contributed by atoms with Crippen molar-refractivity contribution in [3.8, 4) is 0 Å². The molecule has 0 saturated carbocycles. The number of benzene rings is 1. The first-order valence-electron chi connectivity index (χ1n) is 4.28. The number of allylic oxidation sites excluding steroid dienone is 1. The third kappa shape index (κ3) is 2.39. The van der Waals surface area contributed by atoms with E-state index in [1.54, 1.807) is 13.0 Å². The van der Waals surface area contributed by atoms with Gasteiger partial charge in [0.05, 0.1) is 0 Å². The molecule has 0 aliphatic carbocycles. The minimum Gasteiger partial charge on any atom is -0.327 e. The van der Waals surface area contributed by atoms with Crippen molar-refractivity contribution < 1.29 is 4.39 Å². The minimum absolute atomic E-state index is 0.163. The van der Waals surface area contributed by atoms with Crippen LogP contribution in [0.5, 0.6) is 0 Å². The highest BCUT2D eigenvalue weighted by Gasteiger charge is 1.99. The molecule has 0 atom stereocenters. The van der Waals surface area contributed by atoms with Crippen LogP contribution in [0.1, 0.15) is 18.1 Å². The molecule has 0 bridgehead atoms. The van der Waals surface area contributed by atoms with Crippen molar-refractivity contribution >= 4 is 5.57 Å². The summed E-state index contributed by atoms with van der Waals surface area (Å²) >= 11 is 0. The van der Waals surface area contributed by atoms with Gasteiger partial charge < -0.3 is 5.73 Å². The van der Waals surface area contributed by atoms with Crippen LogP contribution in [0, 0.1) is 12.7 Å². The molecule has 13 heavy (non-hydrogen) atoms. The minimum atomic E-state index is -0.163. The number of halogens is 1. The lowest BCUT2D eigenvalue weighted by molar-refractivity contribution is 0.618. The number of rotatable bonds is 2. The summed E-state index contributed by atoms with van der Waals surface area (Å²) in [7, 11) is 0. The van der Waals surface area contributed by atoms with Crippen LogP contribution in [0.15, 0.2) is 24.3 Å². The Labute approximate surface area is 78.1 Å². The molecule has 0 heterocycles. The van der Waals surface area contributed by atoms with Gasteiger partial charge in [-0.05, 0) is 42.7 Å². The average Bonchev–Trinajstić information content (AvgIpc) is 2.10. The van der Waals surface area contributed by atoms with E-state index in [1.165, 1.54) is 6.07 Å². The maximum Gasteiger partial charge on any atom is 0.126 e. The summed E-state index contributed by atoms with van der Waals surface area (Å²) in [6, 6.07) is 5.08. The molecule has 2 N–H and O–H groups in total. The molecule has 0 saturated heterocycles. The molecule has 2 heteroatoms. The van der Waals surface area contributed by atoms with Crippen molar-refractivity contribution in [1.82, 2.24) is 0 Å². The lowest BCUT2D eigenvalue weighted by atomic mass is 10.0. The molecule has 70 valence electrons. The fourth-order valence-corrected chi connectivity index (χ4v) is 1.18. The van der Waals surface area contributed by atoms with Crippen molar-refractivity contribution in [2.45, 2.75) is 13.8 Å². The molecule has 0 radical (unpaired) electrons. The van der Waals surface area contributed by atoms with Crippen LogP contribution in [0.2, 0.25) is 0 Å². The Morgan fingerprint density at radius 2 is 2.23 bits per heavy atom. The highest BCUT2D eigenvalue weighted by Crippen LogP contribution is 2.16. The summed E-state index contributed by atoms with van der Waals surface area (Å²) in [6.07, 6.45) is 1.92. The van der Waals surface area contributed by atoms with Gasteiger partial charge in [-0.1, -0.05) is 12.1 Å². The highest BCUT2D eigenvalue weighted by atomic mass is 19.1. The van der Waals surface area contributed by atoms with Crippen LogP contribution >= 0.6 is 0 Å². The van der Waals surface area contributed by atoms with Crippen LogP contribution in [0.4, 0.5) is 4.39 Å². The number of nitrogens with two attached hydrogens (primary N) is 1. The number of hydrogen-bond donors (Lipinski definition) is 1. The summed E-state index contributed by atoms with van der Waals surface area (Å²) in [5.41, 5.74) is 8.17. The lowest BCUT2D eigenvalue weighted by Gasteiger charge is -2.03. The average molecular weight is 179 g/mol. The fourth-order valence-electron chi connectivity index (χ4n) is 1.18. The third-order valence-electron chi connectivity index (χ3n) is 2.04. The predicted octanol–water partition coefficient (Wildman–Crippen LogP) is 2.50. The first-order chi connectivity index (χ1) is 6.15. The maximum absolute atomic E-state index is 12.9. The predicted molar refractivity (Wildman–Crippen MR) is 53.8 cm³/mol. The monoisotopic (exact) mass is 179 g/mol.